The third-order valence-electron chi connectivity index (χ3n) is 2.52. The van der Waals surface area contributed by atoms with Crippen molar-refractivity contribution >= 4 is 5.69 Å². The molecule has 2 rings (SSSR count). The fourth-order valence-electron chi connectivity index (χ4n) is 1.87. The first kappa shape index (κ1) is 8.63. The smallest absolute Gasteiger partial charge is 0.113 e. The van der Waals surface area contributed by atoms with E-state index >= 15 is 0 Å². The number of furan rings is 1. The summed E-state index contributed by atoms with van der Waals surface area (Å²) in [5, 5.41) is 3.46. The molecular weight excluding hydrogens is 164 g/mol. The van der Waals surface area contributed by atoms with Crippen LogP contribution in [0.1, 0.15) is 12.8 Å². The lowest BCUT2D eigenvalue weighted by molar-refractivity contribution is 0.261. The molecule has 1 aromatic heterocycles. The summed E-state index contributed by atoms with van der Waals surface area (Å²) in [7, 11) is 2.17. The van der Waals surface area contributed by atoms with E-state index in [1.54, 1.807) is 12.5 Å². The molecule has 1 aliphatic heterocycles. The molecule has 0 saturated carbocycles. The van der Waals surface area contributed by atoms with E-state index in [2.05, 4.69) is 17.3 Å². The third kappa shape index (κ3) is 2.25. The highest BCUT2D eigenvalue weighted by molar-refractivity contribution is 5.40. The van der Waals surface area contributed by atoms with Crippen LogP contribution in [0.5, 0.6) is 0 Å². The molecule has 0 amide bonds. The summed E-state index contributed by atoms with van der Waals surface area (Å²) in [4.78, 5) is 2.36. The van der Waals surface area contributed by atoms with E-state index in [1.807, 2.05) is 6.07 Å². The Morgan fingerprint density at radius 1 is 1.62 bits per heavy atom. The van der Waals surface area contributed by atoms with E-state index in [-0.39, 0.29) is 0 Å². The highest BCUT2D eigenvalue weighted by atomic mass is 16.3. The average Bonchev–Trinajstić information content (AvgIpc) is 2.57. The highest BCUT2D eigenvalue weighted by Crippen LogP contribution is 2.15. The summed E-state index contributed by atoms with van der Waals surface area (Å²) < 4.78 is 5.01. The van der Waals surface area contributed by atoms with Crippen LogP contribution in [-0.2, 0) is 0 Å². The summed E-state index contributed by atoms with van der Waals surface area (Å²) >= 11 is 0. The number of hydrogen-bond acceptors (Lipinski definition) is 3. The summed E-state index contributed by atoms with van der Waals surface area (Å²) in [6, 6.07) is 2.55. The van der Waals surface area contributed by atoms with E-state index in [0.29, 0.717) is 6.04 Å². The van der Waals surface area contributed by atoms with Gasteiger partial charge in [0.1, 0.15) is 6.26 Å². The zero-order valence-corrected chi connectivity index (χ0v) is 7.99. The van der Waals surface area contributed by atoms with Crippen molar-refractivity contribution in [3.8, 4) is 0 Å². The molecule has 0 aromatic carbocycles. The minimum atomic E-state index is 0.580. The highest BCUT2D eigenvalue weighted by Gasteiger charge is 2.16. The second kappa shape index (κ2) is 3.83. The number of anilines is 1. The molecule has 13 heavy (non-hydrogen) atoms. The van der Waals surface area contributed by atoms with Crippen LogP contribution in [0, 0.1) is 0 Å². The Labute approximate surface area is 78.7 Å². The van der Waals surface area contributed by atoms with Crippen molar-refractivity contribution < 1.29 is 4.42 Å². The summed E-state index contributed by atoms with van der Waals surface area (Å²) in [5.41, 5.74) is 1.10. The third-order valence-corrected chi connectivity index (χ3v) is 2.52. The summed E-state index contributed by atoms with van der Waals surface area (Å²) in [6.45, 7) is 2.36. The van der Waals surface area contributed by atoms with Crippen LogP contribution in [0.3, 0.4) is 0 Å². The Kier molecular flexibility index (Phi) is 2.54. The van der Waals surface area contributed by atoms with Crippen molar-refractivity contribution in [2.45, 2.75) is 18.9 Å². The lowest BCUT2D eigenvalue weighted by atomic mass is 10.1. The van der Waals surface area contributed by atoms with Crippen molar-refractivity contribution in [2.75, 3.05) is 25.5 Å². The van der Waals surface area contributed by atoms with Crippen LogP contribution < -0.4 is 5.32 Å². The van der Waals surface area contributed by atoms with Crippen molar-refractivity contribution in [1.82, 2.24) is 4.90 Å². The first-order valence-electron chi connectivity index (χ1n) is 4.82. The van der Waals surface area contributed by atoms with Crippen molar-refractivity contribution in [1.29, 1.82) is 0 Å². The van der Waals surface area contributed by atoms with Gasteiger partial charge in [0.2, 0.25) is 0 Å². The van der Waals surface area contributed by atoms with Crippen LogP contribution in [0.2, 0.25) is 0 Å². The monoisotopic (exact) mass is 180 g/mol. The molecule has 1 aliphatic rings. The topological polar surface area (TPSA) is 28.4 Å². The molecule has 3 nitrogen and oxygen atoms in total. The Hall–Kier alpha value is -0.960. The van der Waals surface area contributed by atoms with Gasteiger partial charge < -0.3 is 14.6 Å². The van der Waals surface area contributed by atoms with E-state index in [0.717, 1.165) is 12.2 Å². The first-order chi connectivity index (χ1) is 6.34. The maximum Gasteiger partial charge on any atom is 0.113 e. The number of nitrogens with zero attached hydrogens (tertiary/aromatic N) is 1. The lowest BCUT2D eigenvalue weighted by Gasteiger charge is -2.30. The van der Waals surface area contributed by atoms with Crippen molar-refractivity contribution in [3.05, 3.63) is 18.6 Å². The number of hydrogen-bond donors (Lipinski definition) is 1. The van der Waals surface area contributed by atoms with Gasteiger partial charge >= 0.3 is 0 Å². The molecule has 0 bridgehead atoms. The SMILES string of the molecule is CN1CCCC(Nc2ccoc2)C1. The number of likely N-dealkylation sites (tertiary alicyclic amines) is 1. The standard InChI is InChI=1S/C10H16N2O/c1-12-5-2-3-9(7-12)11-10-4-6-13-8-10/h4,6,8-9,11H,2-3,5,7H2,1H3. The molecule has 1 atom stereocenters. The quantitative estimate of drug-likeness (QED) is 0.752. The number of likely N-dealkylation sites (N-methyl/N-ethyl adjacent to an activating group) is 1. The molecule has 1 unspecified atom stereocenters. The normalized spacial score (nSPS) is 24.5. The van der Waals surface area contributed by atoms with Gasteiger partial charge in [0.25, 0.3) is 0 Å². The fourth-order valence-corrected chi connectivity index (χ4v) is 1.87. The molecule has 1 aromatic rings. The Bertz CT molecular complexity index is 245. The molecule has 0 radical (unpaired) electrons. The first-order valence-corrected chi connectivity index (χ1v) is 4.82. The van der Waals surface area contributed by atoms with E-state index in [9.17, 15) is 0 Å². The molecule has 3 heteroatoms. The molecule has 72 valence electrons. The van der Waals surface area contributed by atoms with Gasteiger partial charge in [-0.2, -0.15) is 0 Å². The van der Waals surface area contributed by atoms with Gasteiger partial charge in [0.05, 0.1) is 12.0 Å². The predicted octanol–water partition coefficient (Wildman–Crippen LogP) is 1.79. The molecular formula is C10H16N2O. The van der Waals surface area contributed by atoms with Gasteiger partial charge in [0.15, 0.2) is 0 Å². The second-order valence-corrected chi connectivity index (χ2v) is 3.76. The van der Waals surface area contributed by atoms with Gasteiger partial charge in [0, 0.05) is 12.6 Å². The van der Waals surface area contributed by atoms with Crippen LogP contribution in [0.15, 0.2) is 23.0 Å². The van der Waals surface area contributed by atoms with Crippen LogP contribution >= 0.6 is 0 Å². The lowest BCUT2D eigenvalue weighted by Crippen LogP contribution is -2.39. The molecule has 1 N–H and O–H groups in total. The van der Waals surface area contributed by atoms with Gasteiger partial charge in [-0.05, 0) is 32.5 Å². The zero-order valence-electron chi connectivity index (χ0n) is 7.99. The Balaban J connectivity index is 1.87. The largest absolute Gasteiger partial charge is 0.470 e. The minimum absolute atomic E-state index is 0.580. The van der Waals surface area contributed by atoms with Crippen molar-refractivity contribution in [2.24, 2.45) is 0 Å². The number of nitrogens with one attached hydrogen (secondary N) is 1. The van der Waals surface area contributed by atoms with E-state index in [1.165, 1.54) is 19.4 Å². The van der Waals surface area contributed by atoms with E-state index < -0.39 is 0 Å². The van der Waals surface area contributed by atoms with Gasteiger partial charge in [-0.3, -0.25) is 0 Å². The summed E-state index contributed by atoms with van der Waals surface area (Å²) in [6.07, 6.45) is 6.00. The predicted molar refractivity (Wildman–Crippen MR) is 52.8 cm³/mol. The minimum Gasteiger partial charge on any atom is -0.470 e. The van der Waals surface area contributed by atoms with Crippen molar-refractivity contribution in [3.63, 3.8) is 0 Å². The number of piperidine rings is 1. The van der Waals surface area contributed by atoms with Gasteiger partial charge in [-0.1, -0.05) is 0 Å². The molecule has 0 aliphatic carbocycles. The Morgan fingerprint density at radius 2 is 2.54 bits per heavy atom. The zero-order chi connectivity index (χ0) is 9.10. The van der Waals surface area contributed by atoms with Crippen LogP contribution in [0.4, 0.5) is 5.69 Å². The average molecular weight is 180 g/mol. The van der Waals surface area contributed by atoms with Gasteiger partial charge in [-0.15, -0.1) is 0 Å². The maximum atomic E-state index is 5.01. The van der Waals surface area contributed by atoms with Gasteiger partial charge in [-0.25, -0.2) is 0 Å². The summed E-state index contributed by atoms with van der Waals surface area (Å²) in [5.74, 6) is 0. The molecule has 2 heterocycles. The fraction of sp³-hybridized carbons (Fsp3) is 0.600. The number of rotatable bonds is 2. The molecule has 1 saturated heterocycles. The Morgan fingerprint density at radius 3 is 3.23 bits per heavy atom. The second-order valence-electron chi connectivity index (χ2n) is 3.76. The molecule has 1 fully saturated rings. The maximum absolute atomic E-state index is 5.01. The van der Waals surface area contributed by atoms with Crippen LogP contribution in [-0.4, -0.2) is 31.1 Å². The van der Waals surface area contributed by atoms with Crippen LogP contribution in [0.25, 0.3) is 0 Å². The van der Waals surface area contributed by atoms with E-state index in [4.69, 9.17) is 4.42 Å². The molecule has 0 spiro atoms.